The zero-order chi connectivity index (χ0) is 18.6. The molecule has 0 spiro atoms. The molecule has 0 aromatic heterocycles. The normalized spacial score (nSPS) is 11.0. The summed E-state index contributed by atoms with van der Waals surface area (Å²) < 4.78 is 24.0. The lowest BCUT2D eigenvalue weighted by Gasteiger charge is -2.15. The van der Waals surface area contributed by atoms with E-state index < -0.39 is 16.1 Å². The van der Waals surface area contributed by atoms with Gasteiger partial charge in [0.05, 0.1) is 10.6 Å². The molecule has 3 aromatic rings. The van der Waals surface area contributed by atoms with E-state index in [-0.39, 0.29) is 4.90 Å². The molecule has 0 atom stereocenters. The zero-order valence-electron chi connectivity index (χ0n) is 13.7. The molecule has 7 heteroatoms. The number of rotatable bonds is 4. The van der Waals surface area contributed by atoms with Crippen LogP contribution >= 0.6 is 0 Å². The Morgan fingerprint density at radius 3 is 2.00 bits per heavy atom. The summed E-state index contributed by atoms with van der Waals surface area (Å²) in [6.45, 7) is 0. The Hall–Kier alpha value is -3.16. The van der Waals surface area contributed by atoms with Crippen molar-refractivity contribution >= 4 is 27.4 Å². The summed E-state index contributed by atoms with van der Waals surface area (Å²) in [5.74, 6) is 0. The van der Waals surface area contributed by atoms with Crippen molar-refractivity contribution in [2.75, 3.05) is 10.6 Å². The van der Waals surface area contributed by atoms with Gasteiger partial charge in [0, 0.05) is 11.3 Å². The summed E-state index contributed by atoms with van der Waals surface area (Å²) in [7, 11) is -3.97. The van der Waals surface area contributed by atoms with Crippen LogP contribution in [0.25, 0.3) is 11.1 Å². The third-order valence-corrected chi connectivity index (χ3v) is 4.63. The molecule has 0 fully saturated rings. The molecule has 0 aliphatic heterocycles. The smallest absolute Gasteiger partial charge is 0.308 e. The number of primary sulfonamides is 1. The van der Waals surface area contributed by atoms with Crippen molar-refractivity contribution in [3.8, 4) is 11.1 Å². The van der Waals surface area contributed by atoms with Crippen LogP contribution in [-0.4, -0.2) is 14.4 Å². The second kappa shape index (κ2) is 7.38. The molecular weight excluding hydrogens is 350 g/mol. The van der Waals surface area contributed by atoms with Crippen LogP contribution in [-0.2, 0) is 10.0 Å². The molecule has 0 unspecified atom stereocenters. The van der Waals surface area contributed by atoms with Crippen LogP contribution in [0, 0.1) is 0 Å². The lowest BCUT2D eigenvalue weighted by molar-refractivity contribution is 0.262. The predicted octanol–water partition coefficient (Wildman–Crippen LogP) is 3.65. The minimum absolute atomic E-state index is 0.0544. The van der Waals surface area contributed by atoms with E-state index in [2.05, 4.69) is 10.6 Å². The van der Waals surface area contributed by atoms with Crippen molar-refractivity contribution < 1.29 is 13.2 Å². The first kappa shape index (κ1) is 17.7. The molecule has 0 saturated heterocycles. The van der Waals surface area contributed by atoms with Crippen LogP contribution in [0.5, 0.6) is 0 Å². The molecule has 0 aliphatic carbocycles. The first-order valence-electron chi connectivity index (χ1n) is 7.79. The highest BCUT2D eigenvalue weighted by Gasteiger charge is 2.19. The van der Waals surface area contributed by atoms with Gasteiger partial charge in [-0.2, -0.15) is 0 Å². The molecule has 3 rings (SSSR count). The lowest BCUT2D eigenvalue weighted by atomic mass is 10.0. The van der Waals surface area contributed by atoms with Gasteiger partial charge in [-0.05, 0) is 29.8 Å². The van der Waals surface area contributed by atoms with E-state index in [1.54, 1.807) is 54.6 Å². The van der Waals surface area contributed by atoms with Crippen molar-refractivity contribution in [2.45, 2.75) is 4.90 Å². The van der Waals surface area contributed by atoms with Crippen molar-refractivity contribution in [3.05, 3.63) is 78.9 Å². The number of nitrogens with two attached hydrogens (primary N) is 1. The molecule has 0 aliphatic rings. The van der Waals surface area contributed by atoms with Crippen molar-refractivity contribution in [3.63, 3.8) is 0 Å². The van der Waals surface area contributed by atoms with Crippen LogP contribution in [0.1, 0.15) is 0 Å². The maximum atomic E-state index is 12.3. The number of hydrogen-bond acceptors (Lipinski definition) is 3. The number of para-hydroxylation sites is 1. The van der Waals surface area contributed by atoms with Gasteiger partial charge in [-0.25, -0.2) is 18.4 Å². The number of benzene rings is 3. The van der Waals surface area contributed by atoms with Crippen LogP contribution in [0.3, 0.4) is 0 Å². The SMILES string of the molecule is NS(=O)(=O)c1cccc(NC(=O)Nc2ccccc2)c1-c1ccccc1. The third-order valence-electron chi connectivity index (χ3n) is 3.68. The highest BCUT2D eigenvalue weighted by molar-refractivity contribution is 7.89. The molecule has 132 valence electrons. The summed E-state index contributed by atoms with van der Waals surface area (Å²) >= 11 is 0. The maximum Gasteiger partial charge on any atom is 0.323 e. The second-order valence-corrected chi connectivity index (χ2v) is 7.06. The molecular formula is C19H17N3O3S. The van der Waals surface area contributed by atoms with Gasteiger partial charge in [-0.3, -0.25) is 0 Å². The van der Waals surface area contributed by atoms with Crippen LogP contribution in [0.15, 0.2) is 83.8 Å². The van der Waals surface area contributed by atoms with E-state index in [4.69, 9.17) is 5.14 Å². The Bertz CT molecular complexity index is 1020. The molecule has 4 N–H and O–H groups in total. The van der Waals surface area contributed by atoms with Gasteiger partial charge in [0.25, 0.3) is 0 Å². The van der Waals surface area contributed by atoms with Gasteiger partial charge >= 0.3 is 6.03 Å². The number of carbonyl (C=O) groups is 1. The van der Waals surface area contributed by atoms with E-state index >= 15 is 0 Å². The number of nitrogens with one attached hydrogen (secondary N) is 2. The fraction of sp³-hybridized carbons (Fsp3) is 0. The van der Waals surface area contributed by atoms with Crippen LogP contribution in [0.2, 0.25) is 0 Å². The maximum absolute atomic E-state index is 12.3. The van der Waals surface area contributed by atoms with E-state index in [1.165, 1.54) is 12.1 Å². The third kappa shape index (κ3) is 4.08. The van der Waals surface area contributed by atoms with Crippen molar-refractivity contribution in [1.29, 1.82) is 0 Å². The Morgan fingerprint density at radius 2 is 1.38 bits per heavy atom. The Morgan fingerprint density at radius 1 is 0.769 bits per heavy atom. The van der Waals surface area contributed by atoms with E-state index in [0.717, 1.165) is 0 Å². The Kier molecular flexibility index (Phi) is 5.01. The lowest BCUT2D eigenvalue weighted by Crippen LogP contribution is -2.21. The molecule has 6 nitrogen and oxygen atoms in total. The second-order valence-electron chi connectivity index (χ2n) is 5.53. The Balaban J connectivity index is 2.00. The van der Waals surface area contributed by atoms with Gasteiger partial charge < -0.3 is 10.6 Å². The summed E-state index contributed by atoms with van der Waals surface area (Å²) in [4.78, 5) is 12.3. The highest BCUT2D eigenvalue weighted by atomic mass is 32.2. The standard InChI is InChI=1S/C19H17N3O3S/c20-26(24,25)17-13-7-12-16(18(17)14-8-3-1-4-9-14)22-19(23)21-15-10-5-2-6-11-15/h1-13H,(H2,20,24,25)(H2,21,22,23). The number of amides is 2. The average Bonchev–Trinajstić information content (AvgIpc) is 2.62. The van der Waals surface area contributed by atoms with E-state index in [1.807, 2.05) is 12.1 Å². The van der Waals surface area contributed by atoms with Gasteiger partial charge in [-0.15, -0.1) is 0 Å². The molecule has 26 heavy (non-hydrogen) atoms. The Labute approximate surface area is 151 Å². The molecule has 0 radical (unpaired) electrons. The van der Waals surface area contributed by atoms with E-state index in [0.29, 0.717) is 22.5 Å². The summed E-state index contributed by atoms with van der Waals surface area (Å²) in [5, 5.41) is 10.8. The quantitative estimate of drug-likeness (QED) is 0.656. The number of sulfonamides is 1. The first-order chi connectivity index (χ1) is 12.4. The summed E-state index contributed by atoms with van der Waals surface area (Å²) in [6, 6.07) is 21.9. The van der Waals surface area contributed by atoms with Gasteiger partial charge in [0.1, 0.15) is 0 Å². The topological polar surface area (TPSA) is 101 Å². The largest absolute Gasteiger partial charge is 0.323 e. The molecule has 3 aromatic carbocycles. The average molecular weight is 367 g/mol. The number of carbonyl (C=O) groups excluding carboxylic acids is 1. The fourth-order valence-corrected chi connectivity index (χ4v) is 3.36. The minimum Gasteiger partial charge on any atom is -0.308 e. The van der Waals surface area contributed by atoms with E-state index in [9.17, 15) is 13.2 Å². The fourth-order valence-electron chi connectivity index (χ4n) is 2.58. The van der Waals surface area contributed by atoms with Crippen LogP contribution < -0.4 is 15.8 Å². The van der Waals surface area contributed by atoms with Gasteiger partial charge in [0.15, 0.2) is 0 Å². The monoisotopic (exact) mass is 367 g/mol. The van der Waals surface area contributed by atoms with Crippen LogP contribution in [0.4, 0.5) is 16.2 Å². The molecule has 0 bridgehead atoms. The summed E-state index contributed by atoms with van der Waals surface area (Å²) in [6.07, 6.45) is 0. The predicted molar refractivity (Wildman–Crippen MR) is 102 cm³/mol. The molecule has 0 heterocycles. The van der Waals surface area contributed by atoms with Gasteiger partial charge in [0.2, 0.25) is 10.0 Å². The number of hydrogen-bond donors (Lipinski definition) is 3. The zero-order valence-corrected chi connectivity index (χ0v) is 14.5. The number of urea groups is 1. The van der Waals surface area contributed by atoms with Gasteiger partial charge in [-0.1, -0.05) is 54.6 Å². The number of anilines is 2. The van der Waals surface area contributed by atoms with Crippen molar-refractivity contribution in [2.24, 2.45) is 5.14 Å². The molecule has 0 saturated carbocycles. The minimum atomic E-state index is -3.97. The summed E-state index contributed by atoms with van der Waals surface area (Å²) in [5.41, 5.74) is 1.94. The first-order valence-corrected chi connectivity index (χ1v) is 9.34. The molecule has 2 amide bonds. The van der Waals surface area contributed by atoms with Crippen molar-refractivity contribution in [1.82, 2.24) is 0 Å². The highest BCUT2D eigenvalue weighted by Crippen LogP contribution is 2.34.